The third-order valence-electron chi connectivity index (χ3n) is 3.62. The zero-order valence-corrected chi connectivity index (χ0v) is 12.2. The summed E-state index contributed by atoms with van der Waals surface area (Å²) in [4.78, 5) is 14.3. The van der Waals surface area contributed by atoms with Crippen LogP contribution in [0, 0.1) is 12.8 Å². The number of amides is 1. The molecule has 1 aromatic rings. The first-order valence-corrected chi connectivity index (χ1v) is 7.22. The predicted octanol–water partition coefficient (Wildman–Crippen LogP) is 3.58. The maximum Gasteiger partial charge on any atom is 0.224 e. The molecule has 1 amide bonds. The highest BCUT2D eigenvalue weighted by molar-refractivity contribution is 5.92. The molecule has 1 aromatic carbocycles. The van der Waals surface area contributed by atoms with Crippen LogP contribution in [0.3, 0.4) is 0 Å². The molecule has 3 heteroatoms. The molecule has 1 aliphatic heterocycles. The van der Waals surface area contributed by atoms with Gasteiger partial charge in [-0.05, 0) is 43.4 Å². The van der Waals surface area contributed by atoms with E-state index in [-0.39, 0.29) is 5.91 Å². The fourth-order valence-corrected chi connectivity index (χ4v) is 2.63. The van der Waals surface area contributed by atoms with Gasteiger partial charge in [0.25, 0.3) is 0 Å². The molecule has 1 N–H and O–H groups in total. The molecular weight excluding hydrogens is 236 g/mol. The lowest BCUT2D eigenvalue weighted by Gasteiger charge is -2.22. The topological polar surface area (TPSA) is 32.3 Å². The summed E-state index contributed by atoms with van der Waals surface area (Å²) >= 11 is 0. The number of rotatable bonds is 4. The van der Waals surface area contributed by atoms with E-state index in [9.17, 15) is 4.79 Å². The van der Waals surface area contributed by atoms with E-state index in [0.717, 1.165) is 18.8 Å². The van der Waals surface area contributed by atoms with Gasteiger partial charge in [0.15, 0.2) is 0 Å². The highest BCUT2D eigenvalue weighted by Gasteiger charge is 2.16. The summed E-state index contributed by atoms with van der Waals surface area (Å²) in [6.07, 6.45) is 3.11. The van der Waals surface area contributed by atoms with Crippen LogP contribution in [-0.2, 0) is 4.79 Å². The normalized spacial score (nSPS) is 15.1. The van der Waals surface area contributed by atoms with E-state index in [0.29, 0.717) is 12.3 Å². The second-order valence-corrected chi connectivity index (χ2v) is 5.79. The molecule has 0 atom stereocenters. The Hall–Kier alpha value is -1.51. The minimum absolute atomic E-state index is 0.108. The average Bonchev–Trinajstić information content (AvgIpc) is 2.84. The Morgan fingerprint density at radius 1 is 1.32 bits per heavy atom. The first-order chi connectivity index (χ1) is 9.08. The molecule has 0 unspecified atom stereocenters. The van der Waals surface area contributed by atoms with E-state index in [2.05, 4.69) is 37.1 Å². The van der Waals surface area contributed by atoms with Gasteiger partial charge >= 0.3 is 0 Å². The number of hydrogen-bond donors (Lipinski definition) is 1. The molecule has 0 bridgehead atoms. The molecule has 19 heavy (non-hydrogen) atoms. The van der Waals surface area contributed by atoms with Crippen LogP contribution in [-0.4, -0.2) is 19.0 Å². The van der Waals surface area contributed by atoms with Gasteiger partial charge in [0.2, 0.25) is 5.91 Å². The monoisotopic (exact) mass is 260 g/mol. The summed E-state index contributed by atoms with van der Waals surface area (Å²) in [5.41, 5.74) is 3.40. The molecule has 0 aliphatic carbocycles. The van der Waals surface area contributed by atoms with Crippen molar-refractivity contribution in [2.45, 2.75) is 40.0 Å². The zero-order chi connectivity index (χ0) is 13.8. The third kappa shape index (κ3) is 3.49. The number of benzene rings is 1. The summed E-state index contributed by atoms with van der Waals surface area (Å²) < 4.78 is 0. The number of hydrogen-bond acceptors (Lipinski definition) is 2. The Morgan fingerprint density at radius 3 is 2.63 bits per heavy atom. The van der Waals surface area contributed by atoms with Crippen LogP contribution < -0.4 is 10.2 Å². The van der Waals surface area contributed by atoms with Gasteiger partial charge < -0.3 is 10.2 Å². The molecule has 1 heterocycles. The lowest BCUT2D eigenvalue weighted by atomic mass is 10.1. The van der Waals surface area contributed by atoms with Gasteiger partial charge in [0.1, 0.15) is 0 Å². The second-order valence-electron chi connectivity index (χ2n) is 5.79. The van der Waals surface area contributed by atoms with Gasteiger partial charge in [-0.2, -0.15) is 0 Å². The Balaban J connectivity index is 2.13. The molecule has 1 aliphatic rings. The van der Waals surface area contributed by atoms with Crippen molar-refractivity contribution in [3.05, 3.63) is 23.8 Å². The Labute approximate surface area is 116 Å². The molecule has 2 rings (SSSR count). The fourth-order valence-electron chi connectivity index (χ4n) is 2.63. The maximum absolute atomic E-state index is 11.9. The Kier molecular flexibility index (Phi) is 4.46. The SMILES string of the molecule is Cc1c(NC(=O)CC(C)C)cccc1N1CCCC1. The van der Waals surface area contributed by atoms with Crippen molar-refractivity contribution < 1.29 is 4.79 Å². The van der Waals surface area contributed by atoms with Gasteiger partial charge in [-0.25, -0.2) is 0 Å². The second kappa shape index (κ2) is 6.09. The quantitative estimate of drug-likeness (QED) is 0.897. The van der Waals surface area contributed by atoms with Crippen molar-refractivity contribution in [2.24, 2.45) is 5.92 Å². The number of carbonyl (C=O) groups excluding carboxylic acids is 1. The summed E-state index contributed by atoms with van der Waals surface area (Å²) in [5, 5.41) is 3.04. The highest BCUT2D eigenvalue weighted by Crippen LogP contribution is 2.29. The first-order valence-electron chi connectivity index (χ1n) is 7.22. The number of nitrogens with zero attached hydrogens (tertiary/aromatic N) is 1. The van der Waals surface area contributed by atoms with Gasteiger partial charge in [-0.15, -0.1) is 0 Å². The van der Waals surface area contributed by atoms with Crippen molar-refractivity contribution in [2.75, 3.05) is 23.3 Å². The van der Waals surface area contributed by atoms with Crippen LogP contribution in [0.5, 0.6) is 0 Å². The van der Waals surface area contributed by atoms with Gasteiger partial charge in [-0.1, -0.05) is 19.9 Å². The van der Waals surface area contributed by atoms with E-state index < -0.39 is 0 Å². The van der Waals surface area contributed by atoms with E-state index in [4.69, 9.17) is 0 Å². The standard InChI is InChI=1S/C16H24N2O/c1-12(2)11-16(19)17-14-7-6-8-15(13(14)3)18-9-4-5-10-18/h6-8,12H,4-5,9-11H2,1-3H3,(H,17,19). The summed E-state index contributed by atoms with van der Waals surface area (Å²) in [5.74, 6) is 0.499. The fraction of sp³-hybridized carbons (Fsp3) is 0.562. The predicted molar refractivity (Wildman–Crippen MR) is 80.7 cm³/mol. The highest BCUT2D eigenvalue weighted by atomic mass is 16.1. The van der Waals surface area contributed by atoms with E-state index >= 15 is 0 Å². The van der Waals surface area contributed by atoms with E-state index in [1.165, 1.54) is 24.1 Å². The molecule has 0 spiro atoms. The average molecular weight is 260 g/mol. The van der Waals surface area contributed by atoms with Crippen molar-refractivity contribution in [1.29, 1.82) is 0 Å². The first kappa shape index (κ1) is 13.9. The molecule has 104 valence electrons. The van der Waals surface area contributed by atoms with Gasteiger partial charge in [0.05, 0.1) is 0 Å². The van der Waals surface area contributed by atoms with Crippen LogP contribution >= 0.6 is 0 Å². The van der Waals surface area contributed by atoms with Crippen LogP contribution in [0.25, 0.3) is 0 Å². The molecule has 0 saturated carbocycles. The summed E-state index contributed by atoms with van der Waals surface area (Å²) in [6, 6.07) is 6.18. The van der Waals surface area contributed by atoms with E-state index in [1.54, 1.807) is 0 Å². The Bertz CT molecular complexity index is 448. The molecule has 3 nitrogen and oxygen atoms in total. The van der Waals surface area contributed by atoms with Gasteiger partial charge in [0, 0.05) is 30.9 Å². The number of nitrogens with one attached hydrogen (secondary N) is 1. The van der Waals surface area contributed by atoms with Crippen molar-refractivity contribution in [3.8, 4) is 0 Å². The van der Waals surface area contributed by atoms with Crippen LogP contribution in [0.2, 0.25) is 0 Å². The maximum atomic E-state index is 11.9. The van der Waals surface area contributed by atoms with Gasteiger partial charge in [-0.3, -0.25) is 4.79 Å². The van der Waals surface area contributed by atoms with Crippen LogP contribution in [0.1, 0.15) is 38.7 Å². The van der Waals surface area contributed by atoms with Crippen molar-refractivity contribution in [3.63, 3.8) is 0 Å². The smallest absolute Gasteiger partial charge is 0.224 e. The van der Waals surface area contributed by atoms with Crippen molar-refractivity contribution >= 4 is 17.3 Å². The summed E-state index contributed by atoms with van der Waals surface area (Å²) in [6.45, 7) is 8.48. The molecule has 0 radical (unpaired) electrons. The third-order valence-corrected chi connectivity index (χ3v) is 3.62. The van der Waals surface area contributed by atoms with Crippen LogP contribution in [0.15, 0.2) is 18.2 Å². The molecule has 1 saturated heterocycles. The molecule has 0 aromatic heterocycles. The zero-order valence-electron chi connectivity index (χ0n) is 12.2. The largest absolute Gasteiger partial charge is 0.371 e. The lowest BCUT2D eigenvalue weighted by Crippen LogP contribution is -2.20. The van der Waals surface area contributed by atoms with Crippen LogP contribution in [0.4, 0.5) is 11.4 Å². The summed E-state index contributed by atoms with van der Waals surface area (Å²) in [7, 11) is 0. The Morgan fingerprint density at radius 2 is 2.00 bits per heavy atom. The van der Waals surface area contributed by atoms with Crippen molar-refractivity contribution in [1.82, 2.24) is 0 Å². The number of carbonyl (C=O) groups is 1. The lowest BCUT2D eigenvalue weighted by molar-refractivity contribution is -0.116. The van der Waals surface area contributed by atoms with E-state index in [1.807, 2.05) is 12.1 Å². The molecule has 1 fully saturated rings. The minimum Gasteiger partial charge on any atom is -0.371 e. The number of anilines is 2. The minimum atomic E-state index is 0.108. The molecular formula is C16H24N2O.